The van der Waals surface area contributed by atoms with Gasteiger partial charge in [-0.1, -0.05) is 44.0 Å². The lowest BCUT2D eigenvalue weighted by Gasteiger charge is -2.46. The quantitative estimate of drug-likeness (QED) is 0.445. The molecule has 2 aromatic heterocycles. The smallest absolute Gasteiger partial charge is 0.225 e. The van der Waals surface area contributed by atoms with Gasteiger partial charge in [0, 0.05) is 41.7 Å². The number of hydrogen-bond donors (Lipinski definition) is 0. The molecule has 0 radical (unpaired) electrons. The first-order valence-electron chi connectivity index (χ1n) is 12.7. The Balaban J connectivity index is 0.000000174. The molecule has 8 heteroatoms. The topological polar surface area (TPSA) is 70.8 Å². The lowest BCUT2D eigenvalue weighted by molar-refractivity contribution is -0.146. The van der Waals surface area contributed by atoms with Gasteiger partial charge in [0.2, 0.25) is 12.3 Å². The molecular formula is C28H36ClN5O2. The molecule has 2 amide bonds. The van der Waals surface area contributed by atoms with Crippen LogP contribution < -0.4 is 0 Å². The zero-order valence-electron chi connectivity index (χ0n) is 21.9. The molecule has 192 valence electrons. The molecule has 7 nitrogen and oxygen atoms in total. The molecule has 1 saturated carbocycles. The van der Waals surface area contributed by atoms with Gasteiger partial charge in [0.05, 0.1) is 23.1 Å². The summed E-state index contributed by atoms with van der Waals surface area (Å²) >= 11 is 5.94. The van der Waals surface area contributed by atoms with Crippen LogP contribution in [0.2, 0.25) is 5.02 Å². The number of aryl methyl sites for hydroxylation is 1. The van der Waals surface area contributed by atoms with Gasteiger partial charge in [0.1, 0.15) is 0 Å². The highest BCUT2D eigenvalue weighted by atomic mass is 35.5. The van der Waals surface area contributed by atoms with Gasteiger partial charge in [-0.25, -0.2) is 9.50 Å². The molecule has 1 aliphatic heterocycles. The van der Waals surface area contributed by atoms with E-state index in [1.54, 1.807) is 4.90 Å². The molecule has 3 aromatic rings. The second-order valence-electron chi connectivity index (χ2n) is 10.8. The minimum absolute atomic E-state index is 0.223. The average molecular weight is 510 g/mol. The molecule has 36 heavy (non-hydrogen) atoms. The van der Waals surface area contributed by atoms with E-state index in [4.69, 9.17) is 11.6 Å². The molecule has 2 aliphatic rings. The number of aromatic nitrogens is 3. The van der Waals surface area contributed by atoms with Crippen molar-refractivity contribution in [2.75, 3.05) is 19.6 Å². The largest absolute Gasteiger partial charge is 0.338 e. The molecule has 1 aromatic carbocycles. The highest BCUT2D eigenvalue weighted by Crippen LogP contribution is 2.30. The Kier molecular flexibility index (Phi) is 7.69. The van der Waals surface area contributed by atoms with E-state index in [2.05, 4.69) is 30.0 Å². The molecule has 1 aliphatic carbocycles. The summed E-state index contributed by atoms with van der Waals surface area (Å²) in [6.07, 6.45) is 6.14. The predicted molar refractivity (Wildman–Crippen MR) is 143 cm³/mol. The lowest BCUT2D eigenvalue weighted by atomic mass is 9.83. The van der Waals surface area contributed by atoms with E-state index in [1.165, 1.54) is 12.0 Å². The second kappa shape index (κ2) is 10.6. The zero-order chi connectivity index (χ0) is 26.0. The molecule has 3 heterocycles. The third-order valence-corrected chi connectivity index (χ3v) is 7.45. The number of carbonyl (C=O) groups is 2. The molecule has 1 saturated heterocycles. The normalized spacial score (nSPS) is 17.5. The van der Waals surface area contributed by atoms with Gasteiger partial charge in [-0.05, 0) is 57.7 Å². The van der Waals surface area contributed by atoms with Gasteiger partial charge < -0.3 is 9.80 Å². The van der Waals surface area contributed by atoms with E-state index in [0.29, 0.717) is 31.5 Å². The first-order chi connectivity index (χ1) is 17.1. The number of benzene rings is 1. The summed E-state index contributed by atoms with van der Waals surface area (Å²) in [5, 5.41) is 5.38. The van der Waals surface area contributed by atoms with Gasteiger partial charge >= 0.3 is 0 Å². The van der Waals surface area contributed by atoms with Gasteiger partial charge in [-0.15, -0.1) is 0 Å². The summed E-state index contributed by atoms with van der Waals surface area (Å²) in [6.45, 7) is 12.4. The van der Waals surface area contributed by atoms with Gasteiger partial charge in [0.25, 0.3) is 0 Å². The number of imidazole rings is 1. The fourth-order valence-corrected chi connectivity index (χ4v) is 4.89. The van der Waals surface area contributed by atoms with Crippen LogP contribution in [0.3, 0.4) is 0 Å². The third kappa shape index (κ3) is 5.56. The number of nitrogens with zero attached hydrogens (tertiary/aromatic N) is 5. The standard InChI is InChI=1S/C16H16ClN3.C12H20N2O2/c1-10(2)14-8-15(12-4-6-13(17)7-5-12)19-20-9-11(3)18-16(14)20;1-12(2)8-13(6-7-14(12)9-15)11(16)10-4-3-5-10/h4-10H,1-3H3;9-10H,3-8H2,1-2H3. The van der Waals surface area contributed by atoms with Crippen LogP contribution in [-0.2, 0) is 9.59 Å². The number of rotatable bonds is 4. The molecular weight excluding hydrogens is 474 g/mol. The number of carbonyl (C=O) groups excluding carboxylic acids is 2. The molecule has 0 spiro atoms. The summed E-state index contributed by atoms with van der Waals surface area (Å²) in [6, 6.07) is 9.87. The van der Waals surface area contributed by atoms with Crippen molar-refractivity contribution in [3.05, 3.63) is 52.8 Å². The van der Waals surface area contributed by atoms with Crippen LogP contribution in [0.25, 0.3) is 16.9 Å². The maximum Gasteiger partial charge on any atom is 0.225 e. The summed E-state index contributed by atoms with van der Waals surface area (Å²) in [7, 11) is 0. The van der Waals surface area contributed by atoms with Crippen molar-refractivity contribution in [3.63, 3.8) is 0 Å². The Morgan fingerprint density at radius 2 is 1.86 bits per heavy atom. The second-order valence-corrected chi connectivity index (χ2v) is 11.2. The molecule has 0 bridgehead atoms. The molecule has 0 unspecified atom stereocenters. The summed E-state index contributed by atoms with van der Waals surface area (Å²) in [4.78, 5) is 31.2. The van der Waals surface area contributed by atoms with Gasteiger partial charge in [0.15, 0.2) is 5.65 Å². The van der Waals surface area contributed by atoms with E-state index >= 15 is 0 Å². The Bertz CT molecular complexity index is 1230. The van der Waals surface area contributed by atoms with Crippen molar-refractivity contribution in [2.24, 2.45) is 5.92 Å². The third-order valence-electron chi connectivity index (χ3n) is 7.20. The van der Waals surface area contributed by atoms with E-state index in [9.17, 15) is 9.59 Å². The van der Waals surface area contributed by atoms with E-state index < -0.39 is 0 Å². The lowest BCUT2D eigenvalue weighted by Crippen LogP contribution is -2.60. The molecule has 5 rings (SSSR count). The SMILES string of the molecule is CC1(C)CN(C(=O)C2CCC2)CCN1C=O.Cc1cn2nc(-c3ccc(Cl)cc3)cc(C(C)C)c2n1. The summed E-state index contributed by atoms with van der Waals surface area (Å²) in [5.41, 5.74) is 4.90. The van der Waals surface area contributed by atoms with Gasteiger partial charge in [-0.3, -0.25) is 9.59 Å². The van der Waals surface area contributed by atoms with Gasteiger partial charge in [-0.2, -0.15) is 5.10 Å². The van der Waals surface area contributed by atoms with Crippen molar-refractivity contribution in [1.82, 2.24) is 24.4 Å². The maximum atomic E-state index is 12.1. The van der Waals surface area contributed by atoms with Crippen molar-refractivity contribution >= 4 is 29.6 Å². The minimum Gasteiger partial charge on any atom is -0.338 e. The molecule has 0 atom stereocenters. The zero-order valence-corrected chi connectivity index (χ0v) is 22.6. The average Bonchev–Trinajstić information content (AvgIpc) is 3.17. The van der Waals surface area contributed by atoms with E-state index in [-0.39, 0.29) is 11.5 Å². The first-order valence-corrected chi connectivity index (χ1v) is 13.1. The van der Waals surface area contributed by atoms with Crippen LogP contribution in [0.4, 0.5) is 0 Å². The van der Waals surface area contributed by atoms with E-state index in [0.717, 1.165) is 46.9 Å². The highest BCUT2D eigenvalue weighted by Gasteiger charge is 2.38. The highest BCUT2D eigenvalue weighted by molar-refractivity contribution is 6.30. The van der Waals surface area contributed by atoms with Crippen LogP contribution in [0.1, 0.15) is 64.1 Å². The van der Waals surface area contributed by atoms with Crippen molar-refractivity contribution in [1.29, 1.82) is 0 Å². The minimum atomic E-state index is -0.223. The van der Waals surface area contributed by atoms with Crippen LogP contribution in [0, 0.1) is 12.8 Å². The molecule has 0 N–H and O–H groups in total. The molecule has 2 fully saturated rings. The predicted octanol–water partition coefficient (Wildman–Crippen LogP) is 5.35. The summed E-state index contributed by atoms with van der Waals surface area (Å²) < 4.78 is 1.87. The number of fused-ring (bicyclic) bond motifs is 1. The van der Waals surface area contributed by atoms with Crippen LogP contribution in [0.15, 0.2) is 36.5 Å². The van der Waals surface area contributed by atoms with Crippen LogP contribution in [0.5, 0.6) is 0 Å². The van der Waals surface area contributed by atoms with Crippen molar-refractivity contribution < 1.29 is 9.59 Å². The fourth-order valence-electron chi connectivity index (χ4n) is 4.77. The fraction of sp³-hybridized carbons (Fsp3) is 0.500. The van der Waals surface area contributed by atoms with E-state index in [1.807, 2.05) is 60.6 Å². The number of piperazine rings is 1. The van der Waals surface area contributed by atoms with Crippen molar-refractivity contribution in [3.8, 4) is 11.3 Å². The Morgan fingerprint density at radius 3 is 2.42 bits per heavy atom. The Hall–Kier alpha value is -2.93. The Labute approximate surface area is 218 Å². The van der Waals surface area contributed by atoms with Crippen LogP contribution in [-0.4, -0.2) is 61.9 Å². The monoisotopic (exact) mass is 509 g/mol. The number of amides is 2. The number of halogens is 1. The summed E-state index contributed by atoms with van der Waals surface area (Å²) in [5.74, 6) is 0.955. The first kappa shape index (κ1) is 26.1. The Morgan fingerprint density at radius 1 is 1.17 bits per heavy atom. The number of hydrogen-bond acceptors (Lipinski definition) is 4. The van der Waals surface area contributed by atoms with Crippen LogP contribution >= 0.6 is 11.6 Å². The maximum absolute atomic E-state index is 12.1. The van der Waals surface area contributed by atoms with Crippen molar-refractivity contribution in [2.45, 2.75) is 65.3 Å².